The molecule has 1 rings (SSSR count). The highest BCUT2D eigenvalue weighted by Crippen LogP contribution is 2.17. The van der Waals surface area contributed by atoms with Crippen LogP contribution in [0.2, 0.25) is 0 Å². The van der Waals surface area contributed by atoms with Gasteiger partial charge >= 0.3 is 0 Å². The molecule has 0 aromatic carbocycles. The van der Waals surface area contributed by atoms with Gasteiger partial charge in [0.15, 0.2) is 0 Å². The summed E-state index contributed by atoms with van der Waals surface area (Å²) in [4.78, 5) is 6.69. The second-order valence-corrected chi connectivity index (χ2v) is 4.18. The van der Waals surface area contributed by atoms with Crippen LogP contribution in [-0.2, 0) is 0 Å². The number of nitrogens with one attached hydrogen (secondary N) is 1. The molecule has 0 radical (unpaired) electrons. The van der Waals surface area contributed by atoms with Crippen molar-refractivity contribution in [1.82, 2.24) is 4.98 Å². The number of hydrogen-bond donors (Lipinski definition) is 1. The van der Waals surface area contributed by atoms with Crippen LogP contribution >= 0.6 is 0 Å². The van der Waals surface area contributed by atoms with E-state index in [1.165, 1.54) is 25.7 Å². The largest absolute Gasteiger partial charge is 0.357 e. The van der Waals surface area contributed by atoms with Gasteiger partial charge in [-0.1, -0.05) is 26.7 Å². The molecular formula is C13H22N4. The average molecular weight is 234 g/mol. The summed E-state index contributed by atoms with van der Waals surface area (Å²) >= 11 is 0. The van der Waals surface area contributed by atoms with Crippen molar-refractivity contribution in [1.29, 1.82) is 5.53 Å². The summed E-state index contributed by atoms with van der Waals surface area (Å²) < 4.78 is 0. The first kappa shape index (κ1) is 13.6. The molecule has 0 amide bonds. The monoisotopic (exact) mass is 234 g/mol. The Kier molecular flexibility index (Phi) is 6.22. The van der Waals surface area contributed by atoms with Gasteiger partial charge in [0.25, 0.3) is 0 Å². The molecule has 1 aromatic rings. The second-order valence-electron chi connectivity index (χ2n) is 4.18. The van der Waals surface area contributed by atoms with E-state index >= 15 is 0 Å². The topological polar surface area (TPSA) is 52.3 Å². The van der Waals surface area contributed by atoms with E-state index in [9.17, 15) is 0 Å². The molecule has 0 fully saturated rings. The lowest BCUT2D eigenvalue weighted by molar-refractivity contribution is 0.671. The predicted octanol–water partition coefficient (Wildman–Crippen LogP) is 4.15. The Morgan fingerprint density at radius 2 is 1.82 bits per heavy atom. The van der Waals surface area contributed by atoms with Gasteiger partial charge in [-0.25, -0.2) is 10.5 Å². The van der Waals surface area contributed by atoms with Gasteiger partial charge in [-0.3, -0.25) is 0 Å². The molecule has 17 heavy (non-hydrogen) atoms. The Balaban J connectivity index is 2.68. The van der Waals surface area contributed by atoms with Crippen LogP contribution in [0.25, 0.3) is 0 Å². The van der Waals surface area contributed by atoms with Crippen molar-refractivity contribution >= 4 is 11.5 Å². The Morgan fingerprint density at radius 1 is 1.18 bits per heavy atom. The number of unbranched alkanes of at least 4 members (excludes halogenated alkanes) is 2. The van der Waals surface area contributed by atoms with E-state index in [0.29, 0.717) is 5.69 Å². The lowest BCUT2D eigenvalue weighted by Gasteiger charge is -2.23. The van der Waals surface area contributed by atoms with E-state index in [0.717, 1.165) is 18.9 Å². The third-order valence-corrected chi connectivity index (χ3v) is 2.75. The first-order valence-electron chi connectivity index (χ1n) is 6.40. The van der Waals surface area contributed by atoms with Crippen LogP contribution in [0.4, 0.5) is 11.5 Å². The molecule has 0 aliphatic heterocycles. The molecule has 0 unspecified atom stereocenters. The minimum absolute atomic E-state index is 0.611. The molecule has 0 saturated heterocycles. The molecule has 0 spiro atoms. The summed E-state index contributed by atoms with van der Waals surface area (Å²) in [5.74, 6) is 0.999. The fourth-order valence-electron chi connectivity index (χ4n) is 1.67. The molecule has 4 heteroatoms. The molecule has 0 saturated carbocycles. The molecule has 94 valence electrons. The number of anilines is 1. The summed E-state index contributed by atoms with van der Waals surface area (Å²) in [5.41, 5.74) is 7.53. The number of aromatic nitrogens is 1. The van der Waals surface area contributed by atoms with Crippen molar-refractivity contribution in [3.05, 3.63) is 18.3 Å². The van der Waals surface area contributed by atoms with Gasteiger partial charge in [-0.05, 0) is 25.0 Å². The average Bonchev–Trinajstić information content (AvgIpc) is 2.39. The zero-order valence-corrected chi connectivity index (χ0v) is 10.8. The molecule has 0 aliphatic rings. The normalized spacial score (nSPS) is 10.2. The second kappa shape index (κ2) is 7.76. The van der Waals surface area contributed by atoms with Crippen molar-refractivity contribution in [2.24, 2.45) is 5.11 Å². The minimum atomic E-state index is 0.611. The highest BCUT2D eigenvalue weighted by molar-refractivity contribution is 5.44. The van der Waals surface area contributed by atoms with Crippen LogP contribution < -0.4 is 4.90 Å². The lowest BCUT2D eigenvalue weighted by Crippen LogP contribution is -2.26. The fraction of sp³-hybridized carbons (Fsp3) is 0.615. The summed E-state index contributed by atoms with van der Waals surface area (Å²) in [6, 6.07) is 3.80. The number of nitrogens with zero attached hydrogens (tertiary/aromatic N) is 3. The van der Waals surface area contributed by atoms with Crippen LogP contribution in [0.15, 0.2) is 23.4 Å². The van der Waals surface area contributed by atoms with Crippen LogP contribution in [0.5, 0.6) is 0 Å². The van der Waals surface area contributed by atoms with E-state index in [1.54, 1.807) is 6.20 Å². The van der Waals surface area contributed by atoms with Gasteiger partial charge in [0.2, 0.25) is 0 Å². The van der Waals surface area contributed by atoms with Gasteiger partial charge in [0, 0.05) is 13.1 Å². The summed E-state index contributed by atoms with van der Waals surface area (Å²) in [6.07, 6.45) is 6.44. The Labute approximate surface area is 104 Å². The van der Waals surface area contributed by atoms with E-state index in [2.05, 4.69) is 28.8 Å². The molecule has 0 aliphatic carbocycles. The summed E-state index contributed by atoms with van der Waals surface area (Å²) in [5, 5.41) is 3.36. The van der Waals surface area contributed by atoms with E-state index in [-0.39, 0.29) is 0 Å². The maximum absolute atomic E-state index is 6.91. The Morgan fingerprint density at radius 3 is 2.24 bits per heavy atom. The van der Waals surface area contributed by atoms with Crippen molar-refractivity contribution in [3.63, 3.8) is 0 Å². The predicted molar refractivity (Wildman–Crippen MR) is 71.1 cm³/mol. The number of pyridine rings is 1. The van der Waals surface area contributed by atoms with Crippen molar-refractivity contribution < 1.29 is 0 Å². The summed E-state index contributed by atoms with van der Waals surface area (Å²) in [6.45, 7) is 6.52. The van der Waals surface area contributed by atoms with Gasteiger partial charge in [0.1, 0.15) is 11.5 Å². The van der Waals surface area contributed by atoms with Gasteiger partial charge < -0.3 is 4.90 Å². The highest BCUT2D eigenvalue weighted by atomic mass is 15.2. The molecule has 1 aromatic heterocycles. The molecule has 4 nitrogen and oxygen atoms in total. The van der Waals surface area contributed by atoms with E-state index in [1.807, 2.05) is 12.1 Å². The number of hydrogen-bond acceptors (Lipinski definition) is 4. The quantitative estimate of drug-likeness (QED) is 0.687. The zero-order chi connectivity index (χ0) is 12.5. The first-order chi connectivity index (χ1) is 8.31. The highest BCUT2D eigenvalue weighted by Gasteiger charge is 2.06. The van der Waals surface area contributed by atoms with Gasteiger partial charge in [0.05, 0.1) is 6.20 Å². The lowest BCUT2D eigenvalue weighted by atomic mass is 10.2. The van der Waals surface area contributed by atoms with Crippen molar-refractivity contribution in [3.8, 4) is 0 Å². The third-order valence-electron chi connectivity index (χ3n) is 2.75. The molecular weight excluding hydrogens is 212 g/mol. The molecule has 0 bridgehead atoms. The van der Waals surface area contributed by atoms with Crippen LogP contribution in [0.1, 0.15) is 39.5 Å². The standard InChI is InChI=1S/C13H22N4/c1-3-5-9-17(10-6-4-2)13-8-7-12(16-14)11-15-13/h7-8,11,14H,3-6,9-10H2,1-2H3. The maximum Gasteiger partial charge on any atom is 0.128 e. The fourth-order valence-corrected chi connectivity index (χ4v) is 1.67. The Hall–Kier alpha value is -1.45. The SMILES string of the molecule is CCCCN(CCCC)c1ccc(N=N)cn1. The van der Waals surface area contributed by atoms with Gasteiger partial charge in [-0.2, -0.15) is 5.11 Å². The minimum Gasteiger partial charge on any atom is -0.357 e. The molecule has 1 N–H and O–H groups in total. The zero-order valence-electron chi connectivity index (χ0n) is 10.8. The number of rotatable bonds is 8. The molecule has 0 atom stereocenters. The van der Waals surface area contributed by atoms with Crippen LogP contribution in [0, 0.1) is 5.53 Å². The van der Waals surface area contributed by atoms with E-state index in [4.69, 9.17) is 5.53 Å². The third kappa shape index (κ3) is 4.51. The Bertz CT molecular complexity index is 313. The van der Waals surface area contributed by atoms with Gasteiger partial charge in [-0.15, -0.1) is 0 Å². The van der Waals surface area contributed by atoms with Crippen molar-refractivity contribution in [2.75, 3.05) is 18.0 Å². The van der Waals surface area contributed by atoms with Crippen molar-refractivity contribution in [2.45, 2.75) is 39.5 Å². The summed E-state index contributed by atoms with van der Waals surface area (Å²) in [7, 11) is 0. The van der Waals surface area contributed by atoms with E-state index < -0.39 is 0 Å². The first-order valence-corrected chi connectivity index (χ1v) is 6.40. The smallest absolute Gasteiger partial charge is 0.128 e. The van der Waals surface area contributed by atoms with Crippen LogP contribution in [0.3, 0.4) is 0 Å². The maximum atomic E-state index is 6.91. The molecule has 1 heterocycles. The van der Waals surface area contributed by atoms with Crippen LogP contribution in [-0.4, -0.2) is 18.1 Å².